The summed E-state index contributed by atoms with van der Waals surface area (Å²) in [7, 11) is 2.15. The first-order valence-electron chi connectivity index (χ1n) is 6.45. The molecule has 1 aliphatic rings. The molecule has 2 unspecified atom stereocenters. The number of rotatable bonds is 3. The van der Waals surface area contributed by atoms with E-state index in [-0.39, 0.29) is 6.61 Å². The summed E-state index contributed by atoms with van der Waals surface area (Å²) in [4.78, 5) is 4.79. The Morgan fingerprint density at radius 3 is 2.56 bits per heavy atom. The molecular formula is C14H21BrN2O. The quantitative estimate of drug-likeness (QED) is 0.928. The average molecular weight is 313 g/mol. The van der Waals surface area contributed by atoms with Crippen LogP contribution in [0.4, 0.5) is 5.69 Å². The van der Waals surface area contributed by atoms with Gasteiger partial charge in [0.05, 0.1) is 0 Å². The van der Waals surface area contributed by atoms with Crippen LogP contribution in [0.1, 0.15) is 13.3 Å². The predicted molar refractivity (Wildman–Crippen MR) is 79.1 cm³/mol. The number of likely N-dealkylation sites (N-methyl/N-ethyl adjacent to an activating group) is 1. The van der Waals surface area contributed by atoms with Crippen molar-refractivity contribution in [2.75, 3.05) is 31.6 Å². The van der Waals surface area contributed by atoms with E-state index in [0.29, 0.717) is 12.1 Å². The lowest BCUT2D eigenvalue weighted by Gasteiger charge is -2.46. The van der Waals surface area contributed by atoms with Crippen LogP contribution < -0.4 is 4.90 Å². The van der Waals surface area contributed by atoms with Gasteiger partial charge in [0, 0.05) is 41.9 Å². The third-order valence-electron chi connectivity index (χ3n) is 3.55. The van der Waals surface area contributed by atoms with E-state index < -0.39 is 0 Å². The van der Waals surface area contributed by atoms with Gasteiger partial charge < -0.3 is 14.9 Å². The van der Waals surface area contributed by atoms with E-state index in [2.05, 4.69) is 64.0 Å². The minimum absolute atomic E-state index is 0.248. The van der Waals surface area contributed by atoms with E-state index in [1.807, 2.05) is 0 Å². The maximum atomic E-state index is 9.25. The Hall–Kier alpha value is -0.580. The van der Waals surface area contributed by atoms with Gasteiger partial charge in [-0.3, -0.25) is 0 Å². The van der Waals surface area contributed by atoms with E-state index in [9.17, 15) is 5.11 Å². The van der Waals surface area contributed by atoms with E-state index >= 15 is 0 Å². The molecule has 2 rings (SSSR count). The molecule has 1 aliphatic heterocycles. The highest BCUT2D eigenvalue weighted by atomic mass is 79.9. The van der Waals surface area contributed by atoms with Gasteiger partial charge in [-0.05, 0) is 44.7 Å². The van der Waals surface area contributed by atoms with Crippen molar-refractivity contribution in [2.24, 2.45) is 0 Å². The summed E-state index contributed by atoms with van der Waals surface area (Å²) in [6.45, 7) is 4.58. The summed E-state index contributed by atoms with van der Waals surface area (Å²) in [5, 5.41) is 9.25. The summed E-state index contributed by atoms with van der Waals surface area (Å²) in [6, 6.07) is 9.32. The number of nitrogens with zero attached hydrogens (tertiary/aromatic N) is 2. The molecule has 4 heteroatoms. The number of hydrogen-bond acceptors (Lipinski definition) is 3. The standard InChI is InChI=1S/C14H21BrN2O/c1-11-9-16(2)10-14(7-8-18)17(11)13-5-3-12(15)4-6-13/h3-6,11,14,18H,7-10H2,1-2H3. The minimum Gasteiger partial charge on any atom is -0.396 e. The first-order chi connectivity index (χ1) is 8.61. The van der Waals surface area contributed by atoms with Crippen molar-refractivity contribution in [1.82, 2.24) is 4.90 Å². The van der Waals surface area contributed by atoms with Crippen LogP contribution in [0.2, 0.25) is 0 Å². The molecule has 0 radical (unpaired) electrons. The average Bonchev–Trinajstić information content (AvgIpc) is 2.31. The Balaban J connectivity index is 2.23. The maximum Gasteiger partial charge on any atom is 0.0451 e. The van der Waals surface area contributed by atoms with Crippen LogP contribution in [0.15, 0.2) is 28.7 Å². The lowest BCUT2D eigenvalue weighted by Crippen LogP contribution is -2.57. The number of anilines is 1. The topological polar surface area (TPSA) is 26.7 Å². The molecule has 1 fully saturated rings. The third kappa shape index (κ3) is 3.05. The molecular weight excluding hydrogens is 292 g/mol. The molecule has 0 aromatic heterocycles. The fourth-order valence-corrected chi connectivity index (χ4v) is 3.14. The third-order valence-corrected chi connectivity index (χ3v) is 4.08. The van der Waals surface area contributed by atoms with Gasteiger partial charge in [-0.15, -0.1) is 0 Å². The number of piperazine rings is 1. The Labute approximate surface area is 118 Å². The minimum atomic E-state index is 0.248. The van der Waals surface area contributed by atoms with Crippen LogP contribution >= 0.6 is 15.9 Å². The van der Waals surface area contributed by atoms with Gasteiger partial charge in [0.15, 0.2) is 0 Å². The number of benzene rings is 1. The van der Waals surface area contributed by atoms with Crippen molar-refractivity contribution in [3.05, 3.63) is 28.7 Å². The second kappa shape index (κ2) is 6.04. The molecule has 1 aromatic rings. The summed E-state index contributed by atoms with van der Waals surface area (Å²) in [5.74, 6) is 0. The predicted octanol–water partition coefficient (Wildman–Crippen LogP) is 2.34. The van der Waals surface area contributed by atoms with E-state index in [0.717, 1.165) is 24.0 Å². The van der Waals surface area contributed by atoms with Crippen LogP contribution in [0.25, 0.3) is 0 Å². The van der Waals surface area contributed by atoms with Crippen LogP contribution in [-0.2, 0) is 0 Å². The smallest absolute Gasteiger partial charge is 0.0451 e. The second-order valence-electron chi connectivity index (χ2n) is 5.12. The molecule has 0 saturated carbocycles. The van der Waals surface area contributed by atoms with Gasteiger partial charge in [0.25, 0.3) is 0 Å². The zero-order valence-electron chi connectivity index (χ0n) is 11.0. The molecule has 1 saturated heterocycles. The molecule has 3 nitrogen and oxygen atoms in total. The lowest BCUT2D eigenvalue weighted by molar-refractivity contribution is 0.198. The van der Waals surface area contributed by atoms with Crippen molar-refractivity contribution in [2.45, 2.75) is 25.4 Å². The highest BCUT2D eigenvalue weighted by molar-refractivity contribution is 9.10. The Morgan fingerprint density at radius 1 is 1.28 bits per heavy atom. The van der Waals surface area contributed by atoms with Crippen molar-refractivity contribution >= 4 is 21.6 Å². The fraction of sp³-hybridized carbons (Fsp3) is 0.571. The summed E-state index contributed by atoms with van der Waals surface area (Å²) < 4.78 is 1.10. The second-order valence-corrected chi connectivity index (χ2v) is 6.04. The zero-order chi connectivity index (χ0) is 13.1. The molecule has 0 aliphatic carbocycles. The molecule has 1 heterocycles. The number of hydrogen-bond donors (Lipinski definition) is 1. The van der Waals surface area contributed by atoms with Crippen molar-refractivity contribution in [1.29, 1.82) is 0 Å². The van der Waals surface area contributed by atoms with Crippen molar-refractivity contribution < 1.29 is 5.11 Å². The molecule has 0 bridgehead atoms. The molecule has 100 valence electrons. The van der Waals surface area contributed by atoms with Crippen LogP contribution in [-0.4, -0.2) is 48.8 Å². The van der Waals surface area contributed by atoms with E-state index in [4.69, 9.17) is 0 Å². The van der Waals surface area contributed by atoms with E-state index in [1.54, 1.807) is 0 Å². The van der Waals surface area contributed by atoms with Gasteiger partial charge >= 0.3 is 0 Å². The number of aliphatic hydroxyl groups excluding tert-OH is 1. The lowest BCUT2D eigenvalue weighted by atomic mass is 10.0. The first kappa shape index (κ1) is 13.8. The Morgan fingerprint density at radius 2 is 1.94 bits per heavy atom. The fourth-order valence-electron chi connectivity index (χ4n) is 2.88. The van der Waals surface area contributed by atoms with Gasteiger partial charge in [0.1, 0.15) is 0 Å². The van der Waals surface area contributed by atoms with Gasteiger partial charge in [-0.25, -0.2) is 0 Å². The molecule has 1 N–H and O–H groups in total. The largest absolute Gasteiger partial charge is 0.396 e. The number of aliphatic hydroxyl groups is 1. The van der Waals surface area contributed by atoms with E-state index in [1.165, 1.54) is 5.69 Å². The maximum absolute atomic E-state index is 9.25. The first-order valence-corrected chi connectivity index (χ1v) is 7.24. The zero-order valence-corrected chi connectivity index (χ0v) is 12.6. The Bertz CT molecular complexity index is 382. The summed E-state index contributed by atoms with van der Waals surface area (Å²) in [5.41, 5.74) is 1.25. The highest BCUT2D eigenvalue weighted by Crippen LogP contribution is 2.27. The van der Waals surface area contributed by atoms with Gasteiger partial charge in [-0.1, -0.05) is 15.9 Å². The molecule has 0 amide bonds. The number of halogens is 1. The molecule has 2 atom stereocenters. The monoisotopic (exact) mass is 312 g/mol. The SMILES string of the molecule is CC1CN(C)CC(CCO)N1c1ccc(Br)cc1. The van der Waals surface area contributed by atoms with Crippen LogP contribution in [0.3, 0.4) is 0 Å². The van der Waals surface area contributed by atoms with Crippen molar-refractivity contribution in [3.8, 4) is 0 Å². The van der Waals surface area contributed by atoms with Gasteiger partial charge in [-0.2, -0.15) is 0 Å². The summed E-state index contributed by atoms with van der Waals surface area (Å²) >= 11 is 3.47. The van der Waals surface area contributed by atoms with Crippen LogP contribution in [0, 0.1) is 0 Å². The van der Waals surface area contributed by atoms with Crippen molar-refractivity contribution in [3.63, 3.8) is 0 Å². The highest BCUT2D eigenvalue weighted by Gasteiger charge is 2.30. The van der Waals surface area contributed by atoms with Gasteiger partial charge in [0.2, 0.25) is 0 Å². The Kier molecular flexibility index (Phi) is 4.65. The molecule has 18 heavy (non-hydrogen) atoms. The molecule has 0 spiro atoms. The molecule has 1 aromatic carbocycles. The normalized spacial score (nSPS) is 25.4. The summed E-state index contributed by atoms with van der Waals surface area (Å²) in [6.07, 6.45) is 0.824. The van der Waals surface area contributed by atoms with Crippen LogP contribution in [0.5, 0.6) is 0 Å².